The first-order valence-electron chi connectivity index (χ1n) is 9.37. The Morgan fingerprint density at radius 1 is 0.826 bits per heavy atom. The maximum absolute atomic E-state index is 3.37. The molecule has 2 aliphatic rings. The van der Waals surface area contributed by atoms with Crippen LogP contribution in [0.25, 0.3) is 0 Å². The second-order valence-electron chi connectivity index (χ2n) is 9.25. The van der Waals surface area contributed by atoms with E-state index in [-0.39, 0.29) is 5.41 Å². The second kappa shape index (κ2) is 7.55. The zero-order valence-electron chi connectivity index (χ0n) is 16.3. The molecule has 0 spiro atoms. The molecule has 132 valence electrons. The van der Waals surface area contributed by atoms with Gasteiger partial charge in [0.25, 0.3) is 0 Å². The van der Waals surface area contributed by atoms with E-state index >= 15 is 0 Å². The van der Waals surface area contributed by atoms with Crippen molar-refractivity contribution < 1.29 is 0 Å². The largest absolute Gasteiger partial charge is 0.298 e. The van der Waals surface area contributed by atoms with E-state index in [1.54, 1.807) is 0 Å². The molecule has 3 heteroatoms. The Morgan fingerprint density at radius 3 is 1.87 bits per heavy atom. The van der Waals surface area contributed by atoms with Crippen LogP contribution >= 0.6 is 0 Å². The highest BCUT2D eigenvalue weighted by Gasteiger charge is 2.30. The van der Waals surface area contributed by atoms with Gasteiger partial charge in [0.1, 0.15) is 0 Å². The highest BCUT2D eigenvalue weighted by Crippen LogP contribution is 2.21. The zero-order valence-corrected chi connectivity index (χ0v) is 16.3. The highest BCUT2D eigenvalue weighted by molar-refractivity contribution is 5.08. The Kier molecular flexibility index (Phi) is 6.16. The number of hydrogen-bond acceptors (Lipinski definition) is 3. The summed E-state index contributed by atoms with van der Waals surface area (Å²) in [5, 5.41) is 0. The molecule has 0 amide bonds. The van der Waals surface area contributed by atoms with Crippen LogP contribution in [0.1, 0.15) is 54.4 Å². The molecule has 0 N–H and O–H groups in total. The van der Waals surface area contributed by atoms with Crippen LogP contribution in [-0.2, 0) is 0 Å². The molecule has 0 radical (unpaired) electrons. The van der Waals surface area contributed by atoms with Crippen molar-refractivity contribution >= 4 is 0 Å². The van der Waals surface area contributed by atoms with Crippen LogP contribution in [0.3, 0.4) is 0 Å². The molecule has 0 unspecified atom stereocenters. The number of piperazine rings is 1. The van der Waals surface area contributed by atoms with Gasteiger partial charge in [-0.2, -0.15) is 0 Å². The molecule has 23 heavy (non-hydrogen) atoms. The van der Waals surface area contributed by atoms with Crippen LogP contribution < -0.4 is 0 Å². The van der Waals surface area contributed by atoms with Crippen LogP contribution in [0.5, 0.6) is 0 Å². The van der Waals surface area contributed by atoms with E-state index in [0.29, 0.717) is 5.54 Å². The maximum atomic E-state index is 3.37. The lowest BCUT2D eigenvalue weighted by Crippen LogP contribution is -2.57. The lowest BCUT2D eigenvalue weighted by Gasteiger charge is -2.46. The van der Waals surface area contributed by atoms with E-state index in [9.17, 15) is 0 Å². The van der Waals surface area contributed by atoms with Gasteiger partial charge in [-0.05, 0) is 54.4 Å². The lowest BCUT2D eigenvalue weighted by molar-refractivity contribution is 0.0252. The number of likely N-dealkylation sites (tertiary alicyclic amines) is 1. The summed E-state index contributed by atoms with van der Waals surface area (Å²) in [6.07, 6.45) is 2.62. The molecule has 0 aromatic carbocycles. The topological polar surface area (TPSA) is 9.72 Å². The molecule has 0 aromatic rings. The quantitative estimate of drug-likeness (QED) is 0.725. The predicted octanol–water partition coefficient (Wildman–Crippen LogP) is 2.92. The molecule has 3 nitrogen and oxygen atoms in total. The molecule has 2 rings (SSSR count). The minimum atomic E-state index is 0.130. The molecule has 0 aliphatic carbocycles. The van der Waals surface area contributed by atoms with Crippen LogP contribution in [-0.4, -0.2) is 72.1 Å². The summed E-state index contributed by atoms with van der Waals surface area (Å²) in [4.78, 5) is 7.89. The van der Waals surface area contributed by atoms with Crippen molar-refractivity contribution in [2.24, 2.45) is 5.41 Å². The lowest BCUT2D eigenvalue weighted by atomic mass is 9.98. The molecule has 0 saturated carbocycles. The van der Waals surface area contributed by atoms with Crippen LogP contribution in [0, 0.1) is 17.3 Å². The first-order chi connectivity index (χ1) is 10.6. The standard InChI is InChI=1S/C20H37N3/c1-19(2,3)10-7-11-21-12-8-18(9-13-21)22-14-16-23(17-15-22)20(4,5)6/h18H,8-9,11-17H2,1-6H3. The first kappa shape index (κ1) is 18.8. The van der Waals surface area contributed by atoms with E-state index in [0.717, 1.165) is 12.6 Å². The number of hydrogen-bond donors (Lipinski definition) is 0. The van der Waals surface area contributed by atoms with Gasteiger partial charge in [0.15, 0.2) is 0 Å². The second-order valence-corrected chi connectivity index (χ2v) is 9.25. The van der Waals surface area contributed by atoms with Gasteiger partial charge in [-0.1, -0.05) is 11.8 Å². The summed E-state index contributed by atoms with van der Waals surface area (Å²) >= 11 is 0. The molecular formula is C20H37N3. The van der Waals surface area contributed by atoms with Crippen molar-refractivity contribution in [3.05, 3.63) is 0 Å². The summed E-state index contributed by atoms with van der Waals surface area (Å²) in [5.41, 5.74) is 0.451. The normalized spacial score (nSPS) is 23.6. The fraction of sp³-hybridized carbons (Fsp3) is 0.900. The fourth-order valence-electron chi connectivity index (χ4n) is 3.62. The highest BCUT2D eigenvalue weighted by atomic mass is 15.3. The summed E-state index contributed by atoms with van der Waals surface area (Å²) in [7, 11) is 0. The average Bonchev–Trinajstić information content (AvgIpc) is 2.46. The van der Waals surface area contributed by atoms with Gasteiger partial charge >= 0.3 is 0 Å². The van der Waals surface area contributed by atoms with Gasteiger partial charge < -0.3 is 0 Å². The molecule has 0 bridgehead atoms. The molecule has 2 aliphatic heterocycles. The molecule has 0 aromatic heterocycles. The van der Waals surface area contributed by atoms with Gasteiger partial charge in [-0.3, -0.25) is 14.7 Å². The van der Waals surface area contributed by atoms with Gasteiger partial charge in [0.2, 0.25) is 0 Å². The molecule has 2 heterocycles. The van der Waals surface area contributed by atoms with Crippen molar-refractivity contribution in [2.45, 2.75) is 66.0 Å². The zero-order chi connectivity index (χ0) is 17.1. The Labute approximate surface area is 144 Å². The summed E-state index contributed by atoms with van der Waals surface area (Å²) in [6.45, 7) is 21.8. The third-order valence-electron chi connectivity index (χ3n) is 5.10. The van der Waals surface area contributed by atoms with Crippen LogP contribution in [0.4, 0.5) is 0 Å². The van der Waals surface area contributed by atoms with Crippen LogP contribution in [0.15, 0.2) is 0 Å². The summed E-state index contributed by atoms with van der Waals surface area (Å²) < 4.78 is 0. The predicted molar refractivity (Wildman–Crippen MR) is 99.6 cm³/mol. The monoisotopic (exact) mass is 319 g/mol. The van der Waals surface area contributed by atoms with E-state index in [1.165, 1.54) is 52.1 Å². The van der Waals surface area contributed by atoms with Crippen molar-refractivity contribution in [1.82, 2.24) is 14.7 Å². The third-order valence-corrected chi connectivity index (χ3v) is 5.10. The van der Waals surface area contributed by atoms with Crippen LogP contribution in [0.2, 0.25) is 0 Å². The van der Waals surface area contributed by atoms with Gasteiger partial charge in [-0.15, -0.1) is 0 Å². The van der Waals surface area contributed by atoms with Gasteiger partial charge in [0.05, 0.1) is 6.54 Å². The Morgan fingerprint density at radius 2 is 1.39 bits per heavy atom. The Balaban J connectivity index is 1.72. The SMILES string of the molecule is CC(C)(C)C#CCN1CCC(N2CCN(C(C)(C)C)CC2)CC1. The fourth-order valence-corrected chi connectivity index (χ4v) is 3.62. The van der Waals surface area contributed by atoms with E-state index < -0.39 is 0 Å². The van der Waals surface area contributed by atoms with Crippen molar-refractivity contribution in [3.8, 4) is 11.8 Å². The van der Waals surface area contributed by atoms with Crippen molar-refractivity contribution in [3.63, 3.8) is 0 Å². The Hall–Kier alpha value is -0.560. The van der Waals surface area contributed by atoms with Crippen molar-refractivity contribution in [2.75, 3.05) is 45.8 Å². The van der Waals surface area contributed by atoms with Crippen molar-refractivity contribution in [1.29, 1.82) is 0 Å². The minimum Gasteiger partial charge on any atom is -0.298 e. The molecular weight excluding hydrogens is 282 g/mol. The number of rotatable bonds is 2. The minimum absolute atomic E-state index is 0.130. The summed E-state index contributed by atoms with van der Waals surface area (Å²) in [5.74, 6) is 6.72. The van der Waals surface area contributed by atoms with Gasteiger partial charge in [0, 0.05) is 56.3 Å². The Bertz CT molecular complexity index is 417. The van der Waals surface area contributed by atoms with E-state index in [2.05, 4.69) is 68.1 Å². The first-order valence-corrected chi connectivity index (χ1v) is 9.37. The smallest absolute Gasteiger partial charge is 0.0601 e. The molecule has 2 fully saturated rings. The number of piperidine rings is 1. The number of nitrogens with zero attached hydrogens (tertiary/aromatic N) is 3. The molecule has 2 saturated heterocycles. The van der Waals surface area contributed by atoms with E-state index in [1.807, 2.05) is 0 Å². The van der Waals surface area contributed by atoms with Gasteiger partial charge in [-0.25, -0.2) is 0 Å². The average molecular weight is 320 g/mol. The summed E-state index contributed by atoms with van der Waals surface area (Å²) in [6, 6.07) is 0.795. The third kappa shape index (κ3) is 6.10. The van der Waals surface area contributed by atoms with E-state index in [4.69, 9.17) is 0 Å². The maximum Gasteiger partial charge on any atom is 0.0601 e. The molecule has 0 atom stereocenters.